The lowest BCUT2D eigenvalue weighted by Crippen LogP contribution is -2.28. The molecule has 2 nitrogen and oxygen atoms in total. The van der Waals surface area contributed by atoms with E-state index in [4.69, 9.17) is 4.42 Å². The minimum absolute atomic E-state index is 0.0193. The van der Waals surface area contributed by atoms with Gasteiger partial charge < -0.3 is 9.32 Å². The first kappa shape index (κ1) is 42.9. The van der Waals surface area contributed by atoms with Crippen molar-refractivity contribution in [2.75, 3.05) is 4.90 Å². The fourth-order valence-corrected chi connectivity index (χ4v) is 11.9. The van der Waals surface area contributed by atoms with Gasteiger partial charge in [-0.05, 0) is 137 Å². The lowest BCUT2D eigenvalue weighted by molar-refractivity contribution is 0.586. The van der Waals surface area contributed by atoms with Gasteiger partial charge in [-0.3, -0.25) is 0 Å². The molecule has 0 saturated carbocycles. The molecule has 0 aliphatic heterocycles. The van der Waals surface area contributed by atoms with Crippen LogP contribution in [-0.4, -0.2) is 0 Å². The van der Waals surface area contributed by atoms with Gasteiger partial charge in [0.05, 0.1) is 5.41 Å². The van der Waals surface area contributed by atoms with Crippen molar-refractivity contribution in [2.45, 2.75) is 57.8 Å². The molecule has 0 saturated heterocycles. The van der Waals surface area contributed by atoms with E-state index in [0.29, 0.717) is 0 Å². The molecule has 2 aliphatic carbocycles. The topological polar surface area (TPSA) is 16.4 Å². The van der Waals surface area contributed by atoms with Crippen molar-refractivity contribution in [1.82, 2.24) is 0 Å². The van der Waals surface area contributed by atoms with Gasteiger partial charge >= 0.3 is 0 Å². The summed E-state index contributed by atoms with van der Waals surface area (Å²) in [5.41, 5.74) is 25.0. The third-order valence-electron chi connectivity index (χ3n) is 15.4. The van der Waals surface area contributed by atoms with Crippen LogP contribution in [0.15, 0.2) is 229 Å². The highest BCUT2D eigenvalue weighted by molar-refractivity contribution is 6.09. The number of anilines is 3. The molecule has 71 heavy (non-hydrogen) atoms. The maximum atomic E-state index is 6.49. The number of hydrogen-bond donors (Lipinski definition) is 0. The summed E-state index contributed by atoms with van der Waals surface area (Å²) in [5.74, 6) is 0. The Hall–Kier alpha value is -8.20. The summed E-state index contributed by atoms with van der Waals surface area (Å²) in [7, 11) is 0. The second-order valence-corrected chi connectivity index (χ2v) is 21.7. The van der Waals surface area contributed by atoms with E-state index >= 15 is 0 Å². The number of hydrogen-bond acceptors (Lipinski definition) is 2. The van der Waals surface area contributed by atoms with E-state index in [-0.39, 0.29) is 10.8 Å². The van der Waals surface area contributed by atoms with Crippen LogP contribution in [0.4, 0.5) is 17.1 Å². The second-order valence-electron chi connectivity index (χ2n) is 21.7. The van der Waals surface area contributed by atoms with Crippen LogP contribution in [0, 0.1) is 0 Å². The number of nitrogens with zero attached hydrogens (tertiary/aromatic N) is 1. The van der Waals surface area contributed by atoms with E-state index in [1.807, 2.05) is 6.07 Å². The first-order valence-corrected chi connectivity index (χ1v) is 25.1. The maximum absolute atomic E-state index is 6.49. The molecule has 10 aromatic carbocycles. The Labute approximate surface area is 417 Å². The van der Waals surface area contributed by atoms with Crippen LogP contribution in [0.25, 0.3) is 77.6 Å². The molecule has 1 heterocycles. The van der Waals surface area contributed by atoms with E-state index in [2.05, 4.69) is 265 Å². The van der Waals surface area contributed by atoms with Crippen molar-refractivity contribution in [1.29, 1.82) is 0 Å². The summed E-state index contributed by atoms with van der Waals surface area (Å²) in [6.07, 6.45) is 0. The van der Waals surface area contributed by atoms with Gasteiger partial charge in [-0.1, -0.05) is 224 Å². The summed E-state index contributed by atoms with van der Waals surface area (Å²) in [6.45, 7) is 14.0. The van der Waals surface area contributed by atoms with Crippen molar-refractivity contribution in [3.8, 4) is 55.6 Å². The first-order chi connectivity index (χ1) is 34.5. The average Bonchev–Trinajstić information content (AvgIpc) is 4.04. The number of para-hydroxylation sites is 2. The molecule has 342 valence electrons. The Morgan fingerprint density at radius 1 is 0.338 bits per heavy atom. The monoisotopic (exact) mass is 913 g/mol. The highest BCUT2D eigenvalue weighted by Crippen LogP contribution is 2.65. The van der Waals surface area contributed by atoms with Crippen LogP contribution in [0.5, 0.6) is 0 Å². The van der Waals surface area contributed by atoms with E-state index in [0.717, 1.165) is 50.1 Å². The van der Waals surface area contributed by atoms with E-state index < -0.39 is 5.41 Å². The normalized spacial score (nSPS) is 13.3. The maximum Gasteiger partial charge on any atom is 0.143 e. The number of rotatable bonds is 6. The van der Waals surface area contributed by atoms with E-state index in [1.165, 1.54) is 77.9 Å². The van der Waals surface area contributed by atoms with Gasteiger partial charge in [0.15, 0.2) is 0 Å². The quantitative estimate of drug-likeness (QED) is 0.165. The van der Waals surface area contributed by atoms with E-state index in [9.17, 15) is 0 Å². The Balaban J connectivity index is 0.966. The fraction of sp³-hybridized carbons (Fsp3) is 0.130. The zero-order valence-corrected chi connectivity index (χ0v) is 41.2. The minimum Gasteiger partial charge on any atom is -0.455 e. The molecule has 0 amide bonds. The third-order valence-corrected chi connectivity index (χ3v) is 15.4. The van der Waals surface area contributed by atoms with Gasteiger partial charge in [0.1, 0.15) is 11.2 Å². The van der Waals surface area contributed by atoms with Gasteiger partial charge in [0.25, 0.3) is 0 Å². The summed E-state index contributed by atoms with van der Waals surface area (Å²) in [6, 6.07) is 83.4. The second kappa shape index (κ2) is 15.9. The lowest BCUT2D eigenvalue weighted by Gasteiger charge is -2.34. The molecule has 0 radical (unpaired) electrons. The Kier molecular flexibility index (Phi) is 9.61. The molecule has 2 aliphatic rings. The van der Waals surface area contributed by atoms with Crippen molar-refractivity contribution < 1.29 is 4.42 Å². The van der Waals surface area contributed by atoms with Crippen LogP contribution in [-0.2, 0) is 16.2 Å². The molecule has 0 atom stereocenters. The van der Waals surface area contributed by atoms with E-state index in [1.54, 1.807) is 0 Å². The lowest BCUT2D eigenvalue weighted by atomic mass is 9.67. The fourth-order valence-electron chi connectivity index (χ4n) is 11.9. The van der Waals surface area contributed by atoms with Crippen molar-refractivity contribution in [3.05, 3.63) is 258 Å². The van der Waals surface area contributed by atoms with Gasteiger partial charge in [0.2, 0.25) is 0 Å². The standard InChI is InChI=1S/C69H55NO/c1-67(2,3)48-32-40-56-57-41-33-49(68(4,5)6)43-63(57)69(62(56)42-48)61-24-12-10-18-55(61)59-22-14-20-53(65(59)69)46-28-36-51(37-29-46)70(50-34-26-45(27-35-50)44-16-8-7-9-17-44)52-38-30-47(31-39-52)54-21-15-23-60-58-19-11-13-25-64(58)71-66(54)60/h7-43H,1-6H3. The molecular formula is C69H55NO. The van der Waals surface area contributed by atoms with Crippen LogP contribution < -0.4 is 4.90 Å². The highest BCUT2D eigenvalue weighted by Gasteiger charge is 2.53. The van der Waals surface area contributed by atoms with Gasteiger partial charge in [-0.15, -0.1) is 0 Å². The molecule has 0 unspecified atom stereocenters. The first-order valence-electron chi connectivity index (χ1n) is 25.1. The molecule has 0 N–H and O–H groups in total. The van der Waals surface area contributed by atoms with Crippen LogP contribution in [0.3, 0.4) is 0 Å². The minimum atomic E-state index is -0.505. The molecule has 0 fully saturated rings. The summed E-state index contributed by atoms with van der Waals surface area (Å²) in [5, 5.41) is 2.27. The number of benzene rings is 10. The SMILES string of the molecule is CC(C)(C)c1ccc2c(c1)C1(c3cc(C(C)(C)C)ccc3-2)c2ccccc2-c2cccc(-c3ccc(N(c4ccc(-c5ccccc5)cc4)c4ccc(-c5cccc6c5oc5ccccc56)cc4)cc3)c21. The molecular weight excluding hydrogens is 859 g/mol. The molecule has 1 spiro atoms. The smallest absolute Gasteiger partial charge is 0.143 e. The zero-order chi connectivity index (χ0) is 48.2. The summed E-state index contributed by atoms with van der Waals surface area (Å²) in [4.78, 5) is 2.38. The molecule has 11 aromatic rings. The molecule has 1 aromatic heterocycles. The summed E-state index contributed by atoms with van der Waals surface area (Å²) < 4.78 is 6.49. The molecule has 0 bridgehead atoms. The van der Waals surface area contributed by atoms with Crippen molar-refractivity contribution in [2.24, 2.45) is 0 Å². The van der Waals surface area contributed by atoms with Gasteiger partial charge in [-0.25, -0.2) is 0 Å². The van der Waals surface area contributed by atoms with Crippen molar-refractivity contribution in [3.63, 3.8) is 0 Å². The van der Waals surface area contributed by atoms with Gasteiger partial charge in [0, 0.05) is 33.4 Å². The number of furan rings is 1. The zero-order valence-electron chi connectivity index (χ0n) is 41.2. The van der Waals surface area contributed by atoms with Crippen LogP contribution in [0.2, 0.25) is 0 Å². The predicted molar refractivity (Wildman–Crippen MR) is 298 cm³/mol. The van der Waals surface area contributed by atoms with Crippen LogP contribution in [0.1, 0.15) is 74.9 Å². The largest absolute Gasteiger partial charge is 0.455 e. The Bertz CT molecular complexity index is 3800. The van der Waals surface area contributed by atoms with Gasteiger partial charge in [-0.2, -0.15) is 0 Å². The predicted octanol–water partition coefficient (Wildman–Crippen LogP) is 19.0. The third kappa shape index (κ3) is 6.69. The Morgan fingerprint density at radius 3 is 1.41 bits per heavy atom. The molecule has 2 heteroatoms. The Morgan fingerprint density at radius 2 is 0.789 bits per heavy atom. The highest BCUT2D eigenvalue weighted by atomic mass is 16.3. The number of fused-ring (bicyclic) bond motifs is 13. The van der Waals surface area contributed by atoms with Crippen molar-refractivity contribution >= 4 is 39.0 Å². The van der Waals surface area contributed by atoms with Crippen LogP contribution >= 0.6 is 0 Å². The molecule has 13 rings (SSSR count). The average molecular weight is 914 g/mol. The summed E-state index contributed by atoms with van der Waals surface area (Å²) >= 11 is 0.